The minimum absolute atomic E-state index is 0.0495. The second-order valence-corrected chi connectivity index (χ2v) is 6.80. The van der Waals surface area contributed by atoms with E-state index in [9.17, 15) is 8.42 Å². The molecule has 0 atom stereocenters. The SMILES string of the molecule is CS(=O)(=O)Cc1nc(Br)n2c1CCCC2. The van der Waals surface area contributed by atoms with E-state index >= 15 is 0 Å². The maximum Gasteiger partial charge on any atom is 0.177 e. The van der Waals surface area contributed by atoms with Crippen molar-refractivity contribution in [2.75, 3.05) is 6.26 Å². The average molecular weight is 293 g/mol. The summed E-state index contributed by atoms with van der Waals surface area (Å²) in [6, 6.07) is 0. The Labute approximate surface area is 97.7 Å². The van der Waals surface area contributed by atoms with Crippen LogP contribution in [0.15, 0.2) is 4.73 Å². The highest BCUT2D eigenvalue weighted by Crippen LogP contribution is 2.24. The van der Waals surface area contributed by atoms with Crippen LogP contribution >= 0.6 is 15.9 Å². The van der Waals surface area contributed by atoms with Crippen molar-refractivity contribution in [1.82, 2.24) is 9.55 Å². The van der Waals surface area contributed by atoms with Gasteiger partial charge in [0, 0.05) is 18.5 Å². The van der Waals surface area contributed by atoms with E-state index in [0.717, 1.165) is 36.2 Å². The van der Waals surface area contributed by atoms with Gasteiger partial charge in [0.15, 0.2) is 14.6 Å². The highest BCUT2D eigenvalue weighted by atomic mass is 79.9. The average Bonchev–Trinajstić information content (AvgIpc) is 2.42. The van der Waals surface area contributed by atoms with Crippen LogP contribution in [0.25, 0.3) is 0 Å². The fourth-order valence-corrected chi connectivity index (χ4v) is 3.27. The number of imidazole rings is 1. The molecule has 0 bridgehead atoms. The van der Waals surface area contributed by atoms with Crippen LogP contribution in [0, 0.1) is 0 Å². The van der Waals surface area contributed by atoms with E-state index in [1.54, 1.807) is 0 Å². The largest absolute Gasteiger partial charge is 0.322 e. The molecule has 0 fully saturated rings. The Hall–Kier alpha value is -0.360. The third kappa shape index (κ3) is 2.42. The van der Waals surface area contributed by atoms with Gasteiger partial charge in [0.2, 0.25) is 0 Å². The summed E-state index contributed by atoms with van der Waals surface area (Å²) in [4.78, 5) is 4.28. The molecule has 15 heavy (non-hydrogen) atoms. The van der Waals surface area contributed by atoms with Gasteiger partial charge < -0.3 is 4.57 Å². The van der Waals surface area contributed by atoms with Crippen molar-refractivity contribution in [3.05, 3.63) is 16.1 Å². The Morgan fingerprint density at radius 2 is 2.20 bits per heavy atom. The molecule has 1 aliphatic heterocycles. The second-order valence-electron chi connectivity index (χ2n) is 3.95. The molecule has 0 radical (unpaired) electrons. The molecule has 0 saturated heterocycles. The highest BCUT2D eigenvalue weighted by molar-refractivity contribution is 9.10. The molecule has 0 spiro atoms. The molecule has 1 aromatic heterocycles. The first-order valence-corrected chi connectivity index (χ1v) is 7.74. The molecule has 6 heteroatoms. The molecular weight excluding hydrogens is 280 g/mol. The topological polar surface area (TPSA) is 52.0 Å². The Kier molecular flexibility index (Phi) is 2.89. The van der Waals surface area contributed by atoms with E-state index in [4.69, 9.17) is 0 Å². The molecule has 0 N–H and O–H groups in total. The van der Waals surface area contributed by atoms with Gasteiger partial charge in [-0.3, -0.25) is 0 Å². The van der Waals surface area contributed by atoms with Gasteiger partial charge >= 0.3 is 0 Å². The molecule has 2 rings (SSSR count). The first kappa shape index (κ1) is 11.1. The number of fused-ring (bicyclic) bond motifs is 1. The third-order valence-corrected chi connectivity index (χ3v) is 3.96. The number of nitrogens with zero attached hydrogens (tertiary/aromatic N) is 2. The van der Waals surface area contributed by atoms with E-state index in [1.165, 1.54) is 6.26 Å². The summed E-state index contributed by atoms with van der Waals surface area (Å²) in [5.74, 6) is 0.0495. The van der Waals surface area contributed by atoms with Gasteiger partial charge in [-0.15, -0.1) is 0 Å². The zero-order valence-electron chi connectivity index (χ0n) is 8.53. The van der Waals surface area contributed by atoms with Crippen LogP contribution in [0.5, 0.6) is 0 Å². The fraction of sp³-hybridized carbons (Fsp3) is 0.667. The minimum atomic E-state index is -2.99. The van der Waals surface area contributed by atoms with Gasteiger partial charge in [-0.05, 0) is 35.2 Å². The fourth-order valence-electron chi connectivity index (χ4n) is 1.94. The Bertz CT molecular complexity index is 479. The van der Waals surface area contributed by atoms with Gasteiger partial charge in [0.1, 0.15) is 0 Å². The number of hydrogen-bond donors (Lipinski definition) is 0. The molecule has 0 saturated carbocycles. The summed E-state index contributed by atoms with van der Waals surface area (Å²) in [5.41, 5.74) is 1.79. The monoisotopic (exact) mass is 292 g/mol. The molecule has 84 valence electrons. The predicted octanol–water partition coefficient (Wildman–Crippen LogP) is 1.53. The maximum atomic E-state index is 11.2. The summed E-state index contributed by atoms with van der Waals surface area (Å²) in [7, 11) is -2.99. The van der Waals surface area contributed by atoms with Crippen molar-refractivity contribution < 1.29 is 8.42 Å². The summed E-state index contributed by atoms with van der Waals surface area (Å²) in [6.45, 7) is 0.937. The summed E-state index contributed by atoms with van der Waals surface area (Å²) in [6.07, 6.45) is 4.44. The predicted molar refractivity (Wildman–Crippen MR) is 61.4 cm³/mol. The number of halogens is 1. The molecule has 0 aromatic carbocycles. The van der Waals surface area contributed by atoms with Gasteiger partial charge in [0.25, 0.3) is 0 Å². The lowest BCUT2D eigenvalue weighted by atomic mass is 10.1. The van der Waals surface area contributed by atoms with Crippen molar-refractivity contribution in [3.63, 3.8) is 0 Å². The molecule has 2 heterocycles. The van der Waals surface area contributed by atoms with E-state index in [0.29, 0.717) is 5.69 Å². The molecule has 0 amide bonds. The Morgan fingerprint density at radius 1 is 1.47 bits per heavy atom. The van der Waals surface area contributed by atoms with Crippen molar-refractivity contribution in [3.8, 4) is 0 Å². The summed E-state index contributed by atoms with van der Waals surface area (Å²) < 4.78 is 25.3. The van der Waals surface area contributed by atoms with Crippen LogP contribution in [0.4, 0.5) is 0 Å². The van der Waals surface area contributed by atoms with E-state index in [2.05, 4.69) is 25.5 Å². The number of rotatable bonds is 2. The van der Waals surface area contributed by atoms with Gasteiger partial charge in [-0.1, -0.05) is 0 Å². The first-order valence-electron chi connectivity index (χ1n) is 4.89. The number of sulfone groups is 1. The van der Waals surface area contributed by atoms with Crippen molar-refractivity contribution in [2.45, 2.75) is 31.6 Å². The molecule has 1 aliphatic rings. The molecule has 0 unspecified atom stereocenters. The normalized spacial score (nSPS) is 16.4. The van der Waals surface area contributed by atoms with E-state index in [1.807, 2.05) is 0 Å². The minimum Gasteiger partial charge on any atom is -0.322 e. The van der Waals surface area contributed by atoms with E-state index < -0.39 is 9.84 Å². The zero-order valence-corrected chi connectivity index (χ0v) is 10.9. The van der Waals surface area contributed by atoms with Crippen LogP contribution in [0.2, 0.25) is 0 Å². The number of hydrogen-bond acceptors (Lipinski definition) is 3. The second kappa shape index (κ2) is 3.90. The molecule has 0 aliphatic carbocycles. The van der Waals surface area contributed by atoms with Crippen molar-refractivity contribution in [1.29, 1.82) is 0 Å². The van der Waals surface area contributed by atoms with Crippen molar-refractivity contribution in [2.24, 2.45) is 0 Å². The summed E-state index contributed by atoms with van der Waals surface area (Å²) in [5, 5.41) is 0. The Balaban J connectivity index is 2.40. The summed E-state index contributed by atoms with van der Waals surface area (Å²) >= 11 is 3.37. The van der Waals surface area contributed by atoms with E-state index in [-0.39, 0.29) is 5.75 Å². The van der Waals surface area contributed by atoms with Crippen LogP contribution in [0.1, 0.15) is 24.2 Å². The van der Waals surface area contributed by atoms with Gasteiger partial charge in [0.05, 0.1) is 11.4 Å². The van der Waals surface area contributed by atoms with Gasteiger partial charge in [-0.25, -0.2) is 13.4 Å². The van der Waals surface area contributed by atoms with Crippen LogP contribution in [0.3, 0.4) is 0 Å². The third-order valence-electron chi connectivity index (χ3n) is 2.55. The lowest BCUT2D eigenvalue weighted by Crippen LogP contribution is -2.12. The molecule has 4 nitrogen and oxygen atoms in total. The lowest BCUT2D eigenvalue weighted by molar-refractivity contribution is 0.522. The van der Waals surface area contributed by atoms with Crippen LogP contribution < -0.4 is 0 Å². The Morgan fingerprint density at radius 3 is 2.87 bits per heavy atom. The maximum absolute atomic E-state index is 11.2. The molecule has 1 aromatic rings. The van der Waals surface area contributed by atoms with Crippen LogP contribution in [-0.2, 0) is 28.6 Å². The first-order chi connectivity index (χ1) is 6.97. The quantitative estimate of drug-likeness (QED) is 0.831. The smallest absolute Gasteiger partial charge is 0.177 e. The number of aromatic nitrogens is 2. The van der Waals surface area contributed by atoms with Crippen molar-refractivity contribution >= 4 is 25.8 Å². The lowest BCUT2D eigenvalue weighted by Gasteiger charge is -2.15. The van der Waals surface area contributed by atoms with Gasteiger partial charge in [-0.2, -0.15) is 0 Å². The molecular formula is C9H13BrN2O2S. The standard InChI is InChI=1S/C9H13BrN2O2S/c1-15(13,14)6-7-8-4-2-3-5-12(8)9(10)11-7/h2-6H2,1H3. The van der Waals surface area contributed by atoms with Crippen LogP contribution in [-0.4, -0.2) is 24.2 Å². The zero-order chi connectivity index (χ0) is 11.1. The highest BCUT2D eigenvalue weighted by Gasteiger charge is 2.20.